The number of anilines is 4. The third-order valence-electron chi connectivity index (χ3n) is 3.77. The summed E-state index contributed by atoms with van der Waals surface area (Å²) in [6.45, 7) is 0.170. The van der Waals surface area contributed by atoms with Gasteiger partial charge in [-0.25, -0.2) is 4.98 Å². The largest absolute Gasteiger partial charge is 0.454 e. The molecule has 26 heavy (non-hydrogen) atoms. The molecule has 0 saturated carbocycles. The lowest BCUT2D eigenvalue weighted by Crippen LogP contribution is -2.14. The highest BCUT2D eigenvalue weighted by atomic mass is 16.7. The smallest absolute Gasteiger partial charge is 0.274 e. The number of amides is 1. The van der Waals surface area contributed by atoms with Crippen molar-refractivity contribution in [2.45, 2.75) is 0 Å². The number of nitrogens with zero attached hydrogens (tertiary/aromatic N) is 1. The van der Waals surface area contributed by atoms with E-state index in [4.69, 9.17) is 15.2 Å². The van der Waals surface area contributed by atoms with Gasteiger partial charge in [0.05, 0.1) is 5.69 Å². The Labute approximate surface area is 149 Å². The number of aromatic nitrogens is 1. The summed E-state index contributed by atoms with van der Waals surface area (Å²) in [6, 6.07) is 17.8. The van der Waals surface area contributed by atoms with Gasteiger partial charge < -0.3 is 25.8 Å². The van der Waals surface area contributed by atoms with Gasteiger partial charge in [0.15, 0.2) is 11.5 Å². The molecule has 0 saturated heterocycles. The molecular weight excluding hydrogens is 332 g/mol. The first-order valence-corrected chi connectivity index (χ1v) is 7.99. The van der Waals surface area contributed by atoms with Crippen LogP contribution in [0.15, 0.2) is 60.7 Å². The number of carbonyl (C=O) groups excluding carboxylic acids is 1. The van der Waals surface area contributed by atoms with Gasteiger partial charge >= 0.3 is 0 Å². The van der Waals surface area contributed by atoms with Crippen LogP contribution < -0.4 is 25.8 Å². The number of hydrogen-bond donors (Lipinski definition) is 3. The minimum atomic E-state index is -0.343. The van der Waals surface area contributed by atoms with Gasteiger partial charge in [0.25, 0.3) is 5.91 Å². The maximum atomic E-state index is 12.5. The van der Waals surface area contributed by atoms with E-state index >= 15 is 0 Å². The van der Waals surface area contributed by atoms with E-state index in [-0.39, 0.29) is 18.4 Å². The molecule has 1 aromatic heterocycles. The van der Waals surface area contributed by atoms with E-state index in [0.29, 0.717) is 34.4 Å². The first kappa shape index (κ1) is 15.8. The van der Waals surface area contributed by atoms with Crippen molar-refractivity contribution in [3.63, 3.8) is 0 Å². The Morgan fingerprint density at radius 2 is 1.88 bits per heavy atom. The summed E-state index contributed by atoms with van der Waals surface area (Å²) in [5.74, 6) is 1.35. The molecule has 2 heterocycles. The number of rotatable bonds is 4. The van der Waals surface area contributed by atoms with Gasteiger partial charge in [-0.1, -0.05) is 24.3 Å². The van der Waals surface area contributed by atoms with Crippen molar-refractivity contribution < 1.29 is 14.3 Å². The van der Waals surface area contributed by atoms with Gasteiger partial charge in [0, 0.05) is 17.4 Å². The average molecular weight is 348 g/mol. The molecule has 7 nitrogen and oxygen atoms in total. The molecule has 2 aromatic carbocycles. The van der Waals surface area contributed by atoms with Crippen LogP contribution in [0.3, 0.4) is 0 Å². The Morgan fingerprint density at radius 1 is 1.04 bits per heavy atom. The molecule has 0 bridgehead atoms. The number of nitrogens with one attached hydrogen (secondary N) is 2. The molecule has 4 rings (SSSR count). The Kier molecular flexibility index (Phi) is 4.03. The second kappa shape index (κ2) is 6.64. The number of fused-ring (bicyclic) bond motifs is 1. The summed E-state index contributed by atoms with van der Waals surface area (Å²) in [5.41, 5.74) is 7.94. The zero-order valence-corrected chi connectivity index (χ0v) is 13.7. The Hall–Kier alpha value is -3.74. The lowest BCUT2D eigenvalue weighted by atomic mass is 10.2. The average Bonchev–Trinajstić information content (AvgIpc) is 3.12. The van der Waals surface area contributed by atoms with Gasteiger partial charge in [0.2, 0.25) is 6.79 Å². The number of ether oxygens (including phenoxy) is 2. The SMILES string of the molecule is Nc1cc(Nc2cccc3c2OCO3)nc(C(=O)Nc2ccccc2)c1. The van der Waals surface area contributed by atoms with E-state index in [1.54, 1.807) is 18.2 Å². The normalized spacial score (nSPS) is 11.8. The van der Waals surface area contributed by atoms with Crippen LogP contribution >= 0.6 is 0 Å². The van der Waals surface area contributed by atoms with Crippen LogP contribution in [0.25, 0.3) is 0 Å². The molecule has 0 unspecified atom stereocenters. The van der Waals surface area contributed by atoms with Crippen molar-refractivity contribution in [1.82, 2.24) is 4.98 Å². The number of carbonyl (C=O) groups is 1. The van der Waals surface area contributed by atoms with Crippen molar-refractivity contribution in [2.75, 3.05) is 23.2 Å². The van der Waals surface area contributed by atoms with Crippen LogP contribution in [0.2, 0.25) is 0 Å². The maximum Gasteiger partial charge on any atom is 0.274 e. The van der Waals surface area contributed by atoms with E-state index in [1.165, 1.54) is 6.07 Å². The highest BCUT2D eigenvalue weighted by molar-refractivity contribution is 6.03. The topological polar surface area (TPSA) is 98.5 Å². The van der Waals surface area contributed by atoms with E-state index in [9.17, 15) is 4.79 Å². The summed E-state index contributed by atoms with van der Waals surface area (Å²) in [7, 11) is 0. The first-order chi connectivity index (χ1) is 12.7. The van der Waals surface area contributed by atoms with Gasteiger partial charge in [-0.15, -0.1) is 0 Å². The number of benzene rings is 2. The van der Waals surface area contributed by atoms with Gasteiger partial charge in [-0.2, -0.15) is 0 Å². The Bertz CT molecular complexity index is 960. The molecule has 0 fully saturated rings. The molecule has 0 atom stereocenters. The van der Waals surface area contributed by atoms with E-state index in [0.717, 1.165) is 0 Å². The van der Waals surface area contributed by atoms with Crippen molar-refractivity contribution in [3.8, 4) is 11.5 Å². The number of hydrogen-bond acceptors (Lipinski definition) is 6. The van der Waals surface area contributed by atoms with E-state index < -0.39 is 0 Å². The lowest BCUT2D eigenvalue weighted by molar-refractivity contribution is 0.102. The third kappa shape index (κ3) is 3.23. The maximum absolute atomic E-state index is 12.5. The fourth-order valence-corrected chi connectivity index (χ4v) is 2.62. The zero-order chi connectivity index (χ0) is 17.9. The van der Waals surface area contributed by atoms with Crippen LogP contribution in [0.5, 0.6) is 11.5 Å². The van der Waals surface area contributed by atoms with Crippen LogP contribution in [-0.2, 0) is 0 Å². The van der Waals surface area contributed by atoms with E-state index in [1.807, 2.05) is 36.4 Å². The zero-order valence-electron chi connectivity index (χ0n) is 13.7. The summed E-state index contributed by atoms with van der Waals surface area (Å²) >= 11 is 0. The minimum absolute atomic E-state index is 0.170. The molecular formula is C19H16N4O3. The van der Waals surface area contributed by atoms with Gasteiger partial charge in [-0.3, -0.25) is 4.79 Å². The number of para-hydroxylation sites is 2. The van der Waals surface area contributed by atoms with E-state index in [2.05, 4.69) is 15.6 Å². The minimum Gasteiger partial charge on any atom is -0.454 e. The summed E-state index contributed by atoms with van der Waals surface area (Å²) in [4.78, 5) is 16.8. The van der Waals surface area contributed by atoms with Crippen LogP contribution in [0, 0.1) is 0 Å². The monoisotopic (exact) mass is 348 g/mol. The van der Waals surface area contributed by atoms with Crippen molar-refractivity contribution in [1.29, 1.82) is 0 Å². The van der Waals surface area contributed by atoms with Crippen molar-refractivity contribution >= 4 is 28.8 Å². The predicted octanol–water partition coefficient (Wildman–Crippen LogP) is 3.39. The Morgan fingerprint density at radius 3 is 2.73 bits per heavy atom. The molecule has 0 radical (unpaired) electrons. The quantitative estimate of drug-likeness (QED) is 0.668. The first-order valence-electron chi connectivity index (χ1n) is 7.99. The molecule has 3 aromatic rings. The molecule has 1 amide bonds. The predicted molar refractivity (Wildman–Crippen MR) is 98.9 cm³/mol. The summed E-state index contributed by atoms with van der Waals surface area (Å²) in [6.07, 6.45) is 0. The third-order valence-corrected chi connectivity index (χ3v) is 3.77. The molecule has 7 heteroatoms. The summed E-state index contributed by atoms with van der Waals surface area (Å²) in [5, 5.41) is 5.92. The molecule has 0 spiro atoms. The standard InChI is InChI=1S/C19H16N4O3/c20-12-9-15(19(24)21-13-5-2-1-3-6-13)23-17(10-12)22-14-7-4-8-16-18(14)26-11-25-16/h1-10H,11H2,(H,21,24)(H3,20,22,23). The second-order valence-electron chi connectivity index (χ2n) is 5.66. The molecule has 1 aliphatic heterocycles. The van der Waals surface area contributed by atoms with Gasteiger partial charge in [0.1, 0.15) is 11.5 Å². The molecule has 4 N–H and O–H groups in total. The summed E-state index contributed by atoms with van der Waals surface area (Å²) < 4.78 is 10.8. The second-order valence-corrected chi connectivity index (χ2v) is 5.66. The molecule has 1 aliphatic rings. The van der Waals surface area contributed by atoms with Crippen LogP contribution in [0.1, 0.15) is 10.5 Å². The molecule has 0 aliphatic carbocycles. The number of pyridine rings is 1. The van der Waals surface area contributed by atoms with Crippen LogP contribution in [-0.4, -0.2) is 17.7 Å². The Balaban J connectivity index is 1.59. The van der Waals surface area contributed by atoms with Crippen molar-refractivity contribution in [3.05, 3.63) is 66.4 Å². The fourth-order valence-electron chi connectivity index (χ4n) is 2.62. The van der Waals surface area contributed by atoms with Crippen LogP contribution in [0.4, 0.5) is 22.9 Å². The fraction of sp³-hybridized carbons (Fsp3) is 0.0526. The number of nitrogens with two attached hydrogens (primary N) is 1. The number of nitrogen functional groups attached to an aromatic ring is 1. The molecule has 130 valence electrons. The van der Waals surface area contributed by atoms with Crippen molar-refractivity contribution in [2.24, 2.45) is 0 Å². The lowest BCUT2D eigenvalue weighted by Gasteiger charge is -2.11. The highest BCUT2D eigenvalue weighted by Gasteiger charge is 2.18. The highest BCUT2D eigenvalue weighted by Crippen LogP contribution is 2.40. The van der Waals surface area contributed by atoms with Gasteiger partial charge in [-0.05, 0) is 30.3 Å².